The van der Waals surface area contributed by atoms with E-state index < -0.39 is 10.4 Å². The van der Waals surface area contributed by atoms with Gasteiger partial charge in [-0.1, -0.05) is 78.1 Å². The van der Waals surface area contributed by atoms with Gasteiger partial charge >= 0.3 is 10.4 Å². The van der Waals surface area contributed by atoms with Crippen LogP contribution in [0.3, 0.4) is 0 Å². The van der Waals surface area contributed by atoms with Crippen molar-refractivity contribution in [3.8, 4) is 0 Å². The van der Waals surface area contributed by atoms with Crippen molar-refractivity contribution < 1.29 is 22.6 Å². The quantitative estimate of drug-likeness (QED) is 0.355. The third kappa shape index (κ3) is 32.0. The first kappa shape index (κ1) is 24.1. The van der Waals surface area contributed by atoms with Gasteiger partial charge in [0, 0.05) is 0 Å². The number of hydrogen-bond acceptors (Lipinski definition) is 3. The average Bonchev–Trinajstić information content (AvgIpc) is 2.38. The third-order valence-corrected chi connectivity index (χ3v) is 3.77. The van der Waals surface area contributed by atoms with Gasteiger partial charge in [-0.3, -0.25) is 9.11 Å². The first-order valence-electron chi connectivity index (χ1n) is 8.54. The fourth-order valence-electron chi connectivity index (χ4n) is 2.20. The highest BCUT2D eigenvalue weighted by molar-refractivity contribution is 7.79. The van der Waals surface area contributed by atoms with Crippen LogP contribution in [0.4, 0.5) is 0 Å². The molecule has 0 radical (unpaired) electrons. The molecule has 136 valence electrons. The maximum Gasteiger partial charge on any atom is 0.394 e. The summed E-state index contributed by atoms with van der Waals surface area (Å²) < 4.78 is 31.6. The van der Waals surface area contributed by atoms with E-state index >= 15 is 0 Å². The number of unbranched alkanes of at least 4 members (excludes halogenated alkanes) is 7. The number of aliphatic hydroxyl groups excluding tert-OH is 1. The normalized spacial score (nSPS) is 14.1. The Bertz CT molecular complexity index is 306. The Morgan fingerprint density at radius 2 is 1.09 bits per heavy atom. The van der Waals surface area contributed by atoms with E-state index in [0.29, 0.717) is 0 Å². The summed E-state index contributed by atoms with van der Waals surface area (Å²) in [5.74, 6) is 0.926. The van der Waals surface area contributed by atoms with Crippen molar-refractivity contribution in [1.29, 1.82) is 0 Å². The Labute approximate surface area is 137 Å². The first-order valence-corrected chi connectivity index (χ1v) is 9.94. The van der Waals surface area contributed by atoms with Crippen LogP contribution >= 0.6 is 0 Å². The van der Waals surface area contributed by atoms with Crippen molar-refractivity contribution in [1.82, 2.24) is 0 Å². The molecule has 5 nitrogen and oxygen atoms in total. The first-order chi connectivity index (χ1) is 10.2. The van der Waals surface area contributed by atoms with Gasteiger partial charge in [0.2, 0.25) is 0 Å². The SMILES string of the molecule is CCC(C)CCCCCCCCCCC(C)O.O=S(=O)(O)O. The maximum atomic E-state index is 9.12. The maximum absolute atomic E-state index is 9.12. The van der Waals surface area contributed by atoms with Gasteiger partial charge in [0.15, 0.2) is 0 Å². The Morgan fingerprint density at radius 1 is 0.773 bits per heavy atom. The lowest BCUT2D eigenvalue weighted by Crippen LogP contribution is -1.98. The topological polar surface area (TPSA) is 94.8 Å². The molecule has 0 aromatic carbocycles. The lowest BCUT2D eigenvalue weighted by Gasteiger charge is -2.07. The molecule has 2 atom stereocenters. The van der Waals surface area contributed by atoms with Crippen LogP contribution in [0.15, 0.2) is 0 Å². The van der Waals surface area contributed by atoms with Crippen LogP contribution in [-0.4, -0.2) is 28.7 Å². The molecular formula is C16H36O5S. The smallest absolute Gasteiger partial charge is 0.393 e. The second kappa shape index (κ2) is 15.7. The van der Waals surface area contributed by atoms with Gasteiger partial charge in [0.1, 0.15) is 0 Å². The summed E-state index contributed by atoms with van der Waals surface area (Å²) in [7, 11) is -4.67. The lowest BCUT2D eigenvalue weighted by molar-refractivity contribution is 0.180. The molecule has 0 heterocycles. The summed E-state index contributed by atoms with van der Waals surface area (Å²) in [6.07, 6.45) is 14.6. The summed E-state index contributed by atoms with van der Waals surface area (Å²) in [6.45, 7) is 6.54. The molecule has 0 aromatic rings. The molecule has 0 aliphatic carbocycles. The zero-order valence-corrected chi connectivity index (χ0v) is 15.3. The molecule has 0 fully saturated rings. The van der Waals surface area contributed by atoms with Crippen molar-refractivity contribution in [2.45, 2.75) is 97.5 Å². The summed E-state index contributed by atoms with van der Waals surface area (Å²) in [5, 5.41) is 9.12. The van der Waals surface area contributed by atoms with Crippen LogP contribution in [-0.2, 0) is 10.4 Å². The Morgan fingerprint density at radius 3 is 1.41 bits per heavy atom. The van der Waals surface area contributed by atoms with Crippen LogP contribution in [0.5, 0.6) is 0 Å². The fourth-order valence-corrected chi connectivity index (χ4v) is 2.20. The predicted octanol–water partition coefficient (Wildman–Crippen LogP) is 4.66. The monoisotopic (exact) mass is 340 g/mol. The predicted molar refractivity (Wildman–Crippen MR) is 91.5 cm³/mol. The van der Waals surface area contributed by atoms with E-state index in [2.05, 4.69) is 13.8 Å². The highest BCUT2D eigenvalue weighted by atomic mass is 32.3. The van der Waals surface area contributed by atoms with E-state index in [1.165, 1.54) is 64.2 Å². The third-order valence-electron chi connectivity index (χ3n) is 3.77. The molecule has 0 aromatic heterocycles. The van der Waals surface area contributed by atoms with Gasteiger partial charge in [-0.25, -0.2) is 0 Å². The van der Waals surface area contributed by atoms with Crippen LogP contribution < -0.4 is 0 Å². The van der Waals surface area contributed by atoms with E-state index in [1.54, 1.807) is 0 Å². The molecule has 0 aliphatic rings. The zero-order valence-electron chi connectivity index (χ0n) is 14.5. The van der Waals surface area contributed by atoms with E-state index in [4.69, 9.17) is 22.6 Å². The molecule has 0 saturated heterocycles. The number of hydrogen-bond donors (Lipinski definition) is 3. The molecule has 2 unspecified atom stereocenters. The molecular weight excluding hydrogens is 304 g/mol. The van der Waals surface area contributed by atoms with Crippen LogP contribution in [0, 0.1) is 5.92 Å². The van der Waals surface area contributed by atoms with Crippen molar-refractivity contribution in [3.63, 3.8) is 0 Å². The standard InChI is InChI=1S/C16H34O.H2O4S/c1-4-15(2)13-11-9-7-5-6-8-10-12-14-16(3)17;1-5(2,3)4/h15-17H,4-14H2,1-3H3;(H2,1,2,3,4). The molecule has 0 amide bonds. The van der Waals surface area contributed by atoms with Gasteiger partial charge in [-0.05, 0) is 19.3 Å². The molecule has 0 spiro atoms. The minimum absolute atomic E-state index is 0.101. The van der Waals surface area contributed by atoms with Gasteiger partial charge in [-0.15, -0.1) is 0 Å². The summed E-state index contributed by atoms with van der Waals surface area (Å²) >= 11 is 0. The van der Waals surface area contributed by atoms with Gasteiger partial charge in [0.05, 0.1) is 6.10 Å². The largest absolute Gasteiger partial charge is 0.394 e. The molecule has 0 rings (SSSR count). The van der Waals surface area contributed by atoms with E-state index in [9.17, 15) is 0 Å². The molecule has 0 aliphatic heterocycles. The van der Waals surface area contributed by atoms with E-state index in [0.717, 1.165) is 12.3 Å². The number of aliphatic hydroxyl groups is 1. The van der Waals surface area contributed by atoms with Crippen LogP contribution in [0.2, 0.25) is 0 Å². The molecule has 6 heteroatoms. The minimum atomic E-state index is -4.67. The summed E-state index contributed by atoms with van der Waals surface area (Å²) in [6, 6.07) is 0. The average molecular weight is 341 g/mol. The second-order valence-electron chi connectivity index (χ2n) is 6.22. The molecule has 0 saturated carbocycles. The molecule has 0 bridgehead atoms. The van der Waals surface area contributed by atoms with Gasteiger partial charge in [-0.2, -0.15) is 8.42 Å². The van der Waals surface area contributed by atoms with Crippen LogP contribution in [0.25, 0.3) is 0 Å². The van der Waals surface area contributed by atoms with Gasteiger partial charge in [0.25, 0.3) is 0 Å². The van der Waals surface area contributed by atoms with E-state index in [-0.39, 0.29) is 6.10 Å². The van der Waals surface area contributed by atoms with Crippen molar-refractivity contribution in [2.75, 3.05) is 0 Å². The minimum Gasteiger partial charge on any atom is -0.393 e. The number of rotatable bonds is 12. The highest BCUT2D eigenvalue weighted by Gasteiger charge is 1.98. The molecule has 22 heavy (non-hydrogen) atoms. The molecule has 3 N–H and O–H groups in total. The Hall–Kier alpha value is -0.170. The van der Waals surface area contributed by atoms with Crippen molar-refractivity contribution in [2.24, 2.45) is 5.92 Å². The van der Waals surface area contributed by atoms with E-state index in [1.807, 2.05) is 6.92 Å². The Balaban J connectivity index is 0. The second-order valence-corrected chi connectivity index (χ2v) is 7.11. The van der Waals surface area contributed by atoms with Gasteiger partial charge < -0.3 is 5.11 Å². The summed E-state index contributed by atoms with van der Waals surface area (Å²) in [4.78, 5) is 0. The van der Waals surface area contributed by atoms with Crippen molar-refractivity contribution >= 4 is 10.4 Å². The van der Waals surface area contributed by atoms with Crippen LogP contribution in [0.1, 0.15) is 91.4 Å². The summed E-state index contributed by atoms with van der Waals surface area (Å²) in [5.41, 5.74) is 0. The Kier molecular flexibility index (Phi) is 17.2. The zero-order chi connectivity index (χ0) is 17.4. The van der Waals surface area contributed by atoms with Crippen molar-refractivity contribution in [3.05, 3.63) is 0 Å². The highest BCUT2D eigenvalue weighted by Crippen LogP contribution is 2.15. The fraction of sp³-hybridized carbons (Fsp3) is 1.00. The lowest BCUT2D eigenvalue weighted by atomic mass is 9.99.